The van der Waals surface area contributed by atoms with Crippen molar-refractivity contribution in [2.75, 3.05) is 33.3 Å². The van der Waals surface area contributed by atoms with Gasteiger partial charge in [-0.05, 0) is 72.0 Å². The molecule has 4 nitrogen and oxygen atoms in total. The van der Waals surface area contributed by atoms with Gasteiger partial charge >= 0.3 is 5.97 Å². The molecule has 1 N–H and O–H groups in total. The van der Waals surface area contributed by atoms with E-state index in [1.165, 1.54) is 38.9 Å². The third-order valence-corrected chi connectivity index (χ3v) is 4.86. The van der Waals surface area contributed by atoms with E-state index in [2.05, 4.69) is 17.1 Å². The summed E-state index contributed by atoms with van der Waals surface area (Å²) in [6.45, 7) is 10.2. The van der Waals surface area contributed by atoms with Gasteiger partial charge in [0.2, 0.25) is 0 Å². The second kappa shape index (κ2) is 9.42. The fraction of sp³-hybridized carbons (Fsp3) is 0.941. The van der Waals surface area contributed by atoms with Crippen molar-refractivity contribution < 1.29 is 9.53 Å². The van der Waals surface area contributed by atoms with Gasteiger partial charge in [0.15, 0.2) is 0 Å². The van der Waals surface area contributed by atoms with Crippen LogP contribution in [0.15, 0.2) is 0 Å². The van der Waals surface area contributed by atoms with Crippen LogP contribution in [0.2, 0.25) is 0 Å². The lowest BCUT2D eigenvalue weighted by Crippen LogP contribution is -2.48. The summed E-state index contributed by atoms with van der Waals surface area (Å²) in [5.74, 6) is 0.761. The number of rotatable bonds is 9. The first kappa shape index (κ1) is 18.4. The van der Waals surface area contributed by atoms with Crippen LogP contribution < -0.4 is 5.32 Å². The minimum atomic E-state index is -0.538. The zero-order valence-corrected chi connectivity index (χ0v) is 14.4. The van der Waals surface area contributed by atoms with Gasteiger partial charge in [-0.1, -0.05) is 13.3 Å². The van der Waals surface area contributed by atoms with Crippen LogP contribution in [-0.4, -0.2) is 49.7 Å². The van der Waals surface area contributed by atoms with Crippen LogP contribution in [0.25, 0.3) is 0 Å². The Labute approximate surface area is 130 Å². The Kier molecular flexibility index (Phi) is 8.27. The number of ether oxygens (including phenoxy) is 1. The predicted octanol–water partition coefficient (Wildman–Crippen LogP) is 2.82. The van der Waals surface area contributed by atoms with Gasteiger partial charge in [-0.3, -0.25) is 4.79 Å². The summed E-state index contributed by atoms with van der Waals surface area (Å²) in [6, 6.07) is 0. The van der Waals surface area contributed by atoms with Gasteiger partial charge in [-0.15, -0.1) is 0 Å². The highest BCUT2D eigenvalue weighted by Crippen LogP contribution is 2.20. The molecule has 0 aromatic heterocycles. The number of nitrogens with one attached hydrogen (secondary N) is 1. The Morgan fingerprint density at radius 1 is 1.38 bits per heavy atom. The predicted molar refractivity (Wildman–Crippen MR) is 87.4 cm³/mol. The molecule has 21 heavy (non-hydrogen) atoms. The molecule has 4 heteroatoms. The molecule has 1 rings (SSSR count). The minimum absolute atomic E-state index is 0.128. The van der Waals surface area contributed by atoms with Gasteiger partial charge in [0.05, 0.1) is 6.61 Å². The molecule has 1 heterocycles. The van der Waals surface area contributed by atoms with E-state index in [0.717, 1.165) is 25.2 Å². The Morgan fingerprint density at radius 3 is 2.76 bits per heavy atom. The molecule has 1 fully saturated rings. The monoisotopic (exact) mass is 298 g/mol. The summed E-state index contributed by atoms with van der Waals surface area (Å²) in [5, 5.41) is 3.13. The molecular weight excluding hydrogens is 264 g/mol. The smallest absolute Gasteiger partial charge is 0.326 e. The normalized spacial score (nSPS) is 22.8. The van der Waals surface area contributed by atoms with Crippen LogP contribution in [-0.2, 0) is 9.53 Å². The first-order valence-electron chi connectivity index (χ1n) is 8.64. The van der Waals surface area contributed by atoms with E-state index < -0.39 is 5.54 Å². The molecule has 2 unspecified atom stereocenters. The zero-order valence-electron chi connectivity index (χ0n) is 14.4. The van der Waals surface area contributed by atoms with Crippen molar-refractivity contribution in [2.45, 2.75) is 64.8 Å². The van der Waals surface area contributed by atoms with E-state index in [0.29, 0.717) is 6.61 Å². The first-order valence-corrected chi connectivity index (χ1v) is 8.64. The van der Waals surface area contributed by atoms with E-state index >= 15 is 0 Å². The maximum absolute atomic E-state index is 12.0. The Morgan fingerprint density at radius 2 is 2.14 bits per heavy atom. The number of likely N-dealkylation sites (N-methyl/N-ethyl adjacent to an activating group) is 1. The zero-order chi connectivity index (χ0) is 15.7. The molecule has 0 radical (unpaired) electrons. The van der Waals surface area contributed by atoms with E-state index in [4.69, 9.17) is 4.74 Å². The van der Waals surface area contributed by atoms with Crippen molar-refractivity contribution in [3.8, 4) is 0 Å². The summed E-state index contributed by atoms with van der Waals surface area (Å²) in [5.41, 5.74) is -0.538. The lowest BCUT2D eigenvalue weighted by molar-refractivity contribution is -0.150. The highest BCUT2D eigenvalue weighted by atomic mass is 16.5. The number of hydrogen-bond acceptors (Lipinski definition) is 4. The van der Waals surface area contributed by atoms with Crippen LogP contribution in [0.4, 0.5) is 0 Å². The second-order valence-electron chi connectivity index (χ2n) is 6.48. The number of hydrogen-bond donors (Lipinski definition) is 1. The third-order valence-electron chi connectivity index (χ3n) is 4.86. The molecular formula is C17H34N2O2. The summed E-state index contributed by atoms with van der Waals surface area (Å²) >= 11 is 0. The van der Waals surface area contributed by atoms with Crippen molar-refractivity contribution in [2.24, 2.45) is 5.92 Å². The molecule has 0 aliphatic carbocycles. The summed E-state index contributed by atoms with van der Waals surface area (Å²) in [4.78, 5) is 14.6. The second-order valence-corrected chi connectivity index (χ2v) is 6.48. The lowest BCUT2D eigenvalue weighted by Gasteiger charge is -2.32. The van der Waals surface area contributed by atoms with E-state index in [9.17, 15) is 4.79 Å². The Balaban J connectivity index is 2.27. The molecule has 1 saturated heterocycles. The van der Waals surface area contributed by atoms with Crippen molar-refractivity contribution in [1.29, 1.82) is 0 Å². The largest absolute Gasteiger partial charge is 0.465 e. The number of carbonyl (C=O) groups is 1. The van der Waals surface area contributed by atoms with Crippen molar-refractivity contribution >= 4 is 5.97 Å². The molecule has 0 saturated carbocycles. The van der Waals surface area contributed by atoms with Gasteiger partial charge in [0.1, 0.15) is 5.54 Å². The van der Waals surface area contributed by atoms with E-state index in [-0.39, 0.29) is 5.97 Å². The summed E-state index contributed by atoms with van der Waals surface area (Å²) in [7, 11) is 1.84. The quantitative estimate of drug-likeness (QED) is 0.525. The maximum Gasteiger partial charge on any atom is 0.326 e. The molecule has 1 aliphatic heterocycles. The van der Waals surface area contributed by atoms with Crippen LogP contribution in [0.5, 0.6) is 0 Å². The number of carbonyl (C=O) groups excluding carboxylic acids is 1. The average Bonchev–Trinajstić information content (AvgIpc) is 2.51. The van der Waals surface area contributed by atoms with Crippen LogP contribution in [0.1, 0.15) is 59.3 Å². The topological polar surface area (TPSA) is 41.6 Å². The number of unbranched alkanes of at least 4 members (excludes halogenated alkanes) is 1. The third kappa shape index (κ3) is 5.95. The van der Waals surface area contributed by atoms with Crippen LogP contribution in [0.3, 0.4) is 0 Å². The van der Waals surface area contributed by atoms with Crippen LogP contribution in [0, 0.1) is 5.92 Å². The lowest BCUT2D eigenvalue weighted by atomic mass is 9.93. The van der Waals surface area contributed by atoms with Crippen LogP contribution >= 0.6 is 0 Å². The van der Waals surface area contributed by atoms with Crippen molar-refractivity contribution in [1.82, 2.24) is 10.2 Å². The number of nitrogens with zero attached hydrogens (tertiary/aromatic N) is 1. The Hall–Kier alpha value is -0.610. The number of esters is 1. The standard InChI is InChI=1S/C17H34N2O2/c1-5-15-10-9-13-19(14-15)12-8-7-11-17(3,18-4)16(20)21-6-2/h15,18H,5-14H2,1-4H3. The summed E-state index contributed by atoms with van der Waals surface area (Å²) in [6.07, 6.45) is 7.10. The molecule has 0 aromatic carbocycles. The van der Waals surface area contributed by atoms with Gasteiger partial charge in [-0.2, -0.15) is 0 Å². The molecule has 2 atom stereocenters. The molecule has 0 spiro atoms. The molecule has 0 bridgehead atoms. The van der Waals surface area contributed by atoms with E-state index in [1.54, 1.807) is 0 Å². The van der Waals surface area contributed by atoms with Gasteiger partial charge in [0.25, 0.3) is 0 Å². The first-order chi connectivity index (χ1) is 10.1. The molecule has 0 amide bonds. The van der Waals surface area contributed by atoms with E-state index in [1.807, 2.05) is 20.9 Å². The Bertz CT molecular complexity index is 309. The van der Waals surface area contributed by atoms with Gasteiger partial charge in [0, 0.05) is 6.54 Å². The number of likely N-dealkylation sites (tertiary alicyclic amines) is 1. The number of piperidine rings is 1. The molecule has 1 aliphatic rings. The fourth-order valence-electron chi connectivity index (χ4n) is 3.12. The van der Waals surface area contributed by atoms with Crippen molar-refractivity contribution in [3.05, 3.63) is 0 Å². The van der Waals surface area contributed by atoms with Crippen molar-refractivity contribution in [3.63, 3.8) is 0 Å². The highest BCUT2D eigenvalue weighted by molar-refractivity contribution is 5.80. The fourth-order valence-corrected chi connectivity index (χ4v) is 3.12. The average molecular weight is 298 g/mol. The van der Waals surface area contributed by atoms with Gasteiger partial charge in [-0.25, -0.2) is 0 Å². The molecule has 124 valence electrons. The summed E-state index contributed by atoms with van der Waals surface area (Å²) < 4.78 is 5.16. The molecule has 0 aromatic rings. The maximum atomic E-state index is 12.0. The highest BCUT2D eigenvalue weighted by Gasteiger charge is 2.32. The van der Waals surface area contributed by atoms with Gasteiger partial charge < -0.3 is 15.0 Å². The SMILES string of the molecule is CCOC(=O)C(C)(CCCCN1CCCC(CC)C1)NC. The minimum Gasteiger partial charge on any atom is -0.465 e.